The number of hydrogen-bond acceptors (Lipinski definition) is 5. The van der Waals surface area contributed by atoms with E-state index in [1.807, 2.05) is 17.6 Å². The smallest absolute Gasteiger partial charge is 0.275 e. The number of carbonyl (C=O) groups is 1. The molecule has 0 unspecified atom stereocenters. The van der Waals surface area contributed by atoms with Crippen LogP contribution >= 0.6 is 11.3 Å². The number of amides is 1. The van der Waals surface area contributed by atoms with Crippen LogP contribution in [0.5, 0.6) is 0 Å². The zero-order valence-electron chi connectivity index (χ0n) is 11.6. The van der Waals surface area contributed by atoms with Crippen molar-refractivity contribution < 1.29 is 4.79 Å². The average Bonchev–Trinajstić information content (AvgIpc) is 3.05. The summed E-state index contributed by atoms with van der Waals surface area (Å²) in [6, 6.07) is 3.63. The van der Waals surface area contributed by atoms with Gasteiger partial charge in [-0.25, -0.2) is 9.67 Å². The van der Waals surface area contributed by atoms with Crippen LogP contribution in [0, 0.1) is 0 Å². The highest BCUT2D eigenvalue weighted by Crippen LogP contribution is 2.41. The van der Waals surface area contributed by atoms with Crippen molar-refractivity contribution in [2.24, 2.45) is 0 Å². The molecule has 0 radical (unpaired) electrons. The first-order chi connectivity index (χ1) is 10.8. The summed E-state index contributed by atoms with van der Waals surface area (Å²) < 4.78 is 1.69. The van der Waals surface area contributed by atoms with Gasteiger partial charge in [0.25, 0.3) is 5.91 Å². The summed E-state index contributed by atoms with van der Waals surface area (Å²) in [5.74, 6) is 0.342. The predicted octanol–water partition coefficient (Wildman–Crippen LogP) is 2.85. The Labute approximate surface area is 130 Å². The summed E-state index contributed by atoms with van der Waals surface area (Å²) in [6.45, 7) is 0. The molecule has 0 spiro atoms. The van der Waals surface area contributed by atoms with E-state index >= 15 is 0 Å². The van der Waals surface area contributed by atoms with Crippen molar-refractivity contribution in [3.8, 4) is 5.69 Å². The Bertz CT molecular complexity index is 807. The predicted molar refractivity (Wildman–Crippen MR) is 83.4 cm³/mol. The summed E-state index contributed by atoms with van der Waals surface area (Å²) in [5, 5.41) is 9.93. The lowest BCUT2D eigenvalue weighted by molar-refractivity contribution is 0.102. The van der Waals surface area contributed by atoms with Crippen LogP contribution in [0.3, 0.4) is 0 Å². The average molecular weight is 311 g/mol. The molecule has 3 aromatic rings. The van der Waals surface area contributed by atoms with E-state index in [0.29, 0.717) is 17.3 Å². The van der Waals surface area contributed by atoms with Gasteiger partial charge < -0.3 is 5.32 Å². The van der Waals surface area contributed by atoms with Gasteiger partial charge in [0.05, 0.1) is 22.6 Å². The second-order valence-electron chi connectivity index (χ2n) is 5.14. The number of nitrogens with one attached hydrogen (secondary N) is 1. The van der Waals surface area contributed by atoms with Gasteiger partial charge in [0.2, 0.25) is 0 Å². The number of rotatable bonds is 4. The highest BCUT2D eigenvalue weighted by Gasteiger charge is 2.27. The molecule has 1 aliphatic rings. The zero-order valence-corrected chi connectivity index (χ0v) is 12.5. The lowest BCUT2D eigenvalue weighted by Crippen LogP contribution is -2.14. The number of aromatic nitrogens is 4. The van der Waals surface area contributed by atoms with E-state index in [-0.39, 0.29) is 5.91 Å². The maximum Gasteiger partial charge on any atom is 0.275 e. The molecule has 3 heterocycles. The van der Waals surface area contributed by atoms with Gasteiger partial charge in [-0.1, -0.05) is 0 Å². The second kappa shape index (κ2) is 5.34. The number of thiazole rings is 1. The van der Waals surface area contributed by atoms with E-state index in [0.717, 1.165) is 10.7 Å². The number of carbonyl (C=O) groups excluding carboxylic acids is 1. The second-order valence-corrected chi connectivity index (χ2v) is 6.03. The number of pyridine rings is 1. The van der Waals surface area contributed by atoms with Crippen molar-refractivity contribution in [1.82, 2.24) is 19.7 Å². The van der Waals surface area contributed by atoms with Gasteiger partial charge in [-0.15, -0.1) is 11.3 Å². The first-order valence-corrected chi connectivity index (χ1v) is 7.90. The van der Waals surface area contributed by atoms with Crippen molar-refractivity contribution in [2.75, 3.05) is 5.32 Å². The standard InChI is InChI=1S/C15H13N5OS/c21-14(12-9-22-15(19-12)10-2-3-10)18-11-8-16-6-4-13(11)20-7-1-5-17-20/h1,4-10H,2-3H2,(H,18,21). The molecule has 6 nitrogen and oxygen atoms in total. The Morgan fingerprint density at radius 1 is 1.36 bits per heavy atom. The van der Waals surface area contributed by atoms with Crippen LogP contribution in [0.15, 0.2) is 42.3 Å². The quantitative estimate of drug-likeness (QED) is 0.804. The van der Waals surface area contributed by atoms with E-state index in [2.05, 4.69) is 20.4 Å². The van der Waals surface area contributed by atoms with E-state index in [4.69, 9.17) is 0 Å². The topological polar surface area (TPSA) is 72.7 Å². The van der Waals surface area contributed by atoms with E-state index in [1.165, 1.54) is 12.8 Å². The number of hydrogen-bond donors (Lipinski definition) is 1. The molecule has 1 amide bonds. The minimum atomic E-state index is -0.218. The summed E-state index contributed by atoms with van der Waals surface area (Å²) in [7, 11) is 0. The van der Waals surface area contributed by atoms with Gasteiger partial charge in [0, 0.05) is 29.9 Å². The van der Waals surface area contributed by atoms with Crippen molar-refractivity contribution in [2.45, 2.75) is 18.8 Å². The molecule has 0 atom stereocenters. The van der Waals surface area contributed by atoms with Gasteiger partial charge in [-0.2, -0.15) is 5.10 Å². The summed E-state index contributed by atoms with van der Waals surface area (Å²) in [6.07, 6.45) is 9.15. The van der Waals surface area contributed by atoms with Crippen LogP contribution in [-0.4, -0.2) is 25.7 Å². The zero-order chi connectivity index (χ0) is 14.9. The number of anilines is 1. The Kier molecular flexibility index (Phi) is 3.19. The molecule has 4 rings (SSSR count). The monoisotopic (exact) mass is 311 g/mol. The molecule has 0 aromatic carbocycles. The first kappa shape index (κ1) is 13.1. The van der Waals surface area contributed by atoms with E-state index in [9.17, 15) is 4.79 Å². The van der Waals surface area contributed by atoms with Gasteiger partial charge in [0.15, 0.2) is 0 Å². The van der Waals surface area contributed by atoms with Crippen LogP contribution in [0.25, 0.3) is 5.69 Å². The minimum absolute atomic E-state index is 0.218. The van der Waals surface area contributed by atoms with Crippen molar-refractivity contribution in [1.29, 1.82) is 0 Å². The van der Waals surface area contributed by atoms with Crippen molar-refractivity contribution in [3.63, 3.8) is 0 Å². The molecule has 3 aromatic heterocycles. The van der Waals surface area contributed by atoms with Gasteiger partial charge in [-0.05, 0) is 25.0 Å². The van der Waals surface area contributed by atoms with Crippen LogP contribution in [0.4, 0.5) is 5.69 Å². The molecule has 1 N–H and O–H groups in total. The molecule has 0 aliphatic heterocycles. The largest absolute Gasteiger partial charge is 0.317 e. The summed E-state index contributed by atoms with van der Waals surface area (Å²) in [4.78, 5) is 20.9. The fraction of sp³-hybridized carbons (Fsp3) is 0.200. The third-order valence-corrected chi connectivity index (χ3v) is 4.49. The summed E-state index contributed by atoms with van der Waals surface area (Å²) >= 11 is 1.56. The molecule has 7 heteroatoms. The molecule has 110 valence electrons. The molecule has 22 heavy (non-hydrogen) atoms. The van der Waals surface area contributed by atoms with Crippen LogP contribution < -0.4 is 5.32 Å². The van der Waals surface area contributed by atoms with Crippen LogP contribution in [0.1, 0.15) is 34.3 Å². The third-order valence-electron chi connectivity index (χ3n) is 3.48. The van der Waals surface area contributed by atoms with E-state index < -0.39 is 0 Å². The fourth-order valence-electron chi connectivity index (χ4n) is 2.19. The van der Waals surface area contributed by atoms with E-state index in [1.54, 1.807) is 40.7 Å². The van der Waals surface area contributed by atoms with Crippen molar-refractivity contribution in [3.05, 3.63) is 53.0 Å². The van der Waals surface area contributed by atoms with Crippen LogP contribution in [0.2, 0.25) is 0 Å². The Hall–Kier alpha value is -2.54. The molecule has 0 saturated heterocycles. The molecule has 1 fully saturated rings. The molecular formula is C15H13N5OS. The van der Waals surface area contributed by atoms with Gasteiger partial charge in [0.1, 0.15) is 5.69 Å². The minimum Gasteiger partial charge on any atom is -0.317 e. The van der Waals surface area contributed by atoms with Crippen molar-refractivity contribution >= 4 is 22.9 Å². The first-order valence-electron chi connectivity index (χ1n) is 7.02. The molecule has 0 bridgehead atoms. The lowest BCUT2D eigenvalue weighted by atomic mass is 10.3. The SMILES string of the molecule is O=C(Nc1cnccc1-n1cccn1)c1csc(C2CC2)n1. The molecular weight excluding hydrogens is 298 g/mol. The van der Waals surface area contributed by atoms with Gasteiger partial charge >= 0.3 is 0 Å². The van der Waals surface area contributed by atoms with Crippen LogP contribution in [-0.2, 0) is 0 Å². The maximum atomic E-state index is 12.4. The Morgan fingerprint density at radius 3 is 3.05 bits per heavy atom. The Balaban J connectivity index is 1.59. The van der Waals surface area contributed by atoms with Gasteiger partial charge in [-0.3, -0.25) is 9.78 Å². The Morgan fingerprint density at radius 2 is 2.27 bits per heavy atom. The third kappa shape index (κ3) is 2.50. The highest BCUT2D eigenvalue weighted by atomic mass is 32.1. The molecule has 1 saturated carbocycles. The summed E-state index contributed by atoms with van der Waals surface area (Å²) in [5.41, 5.74) is 1.84. The highest BCUT2D eigenvalue weighted by molar-refractivity contribution is 7.10. The molecule has 1 aliphatic carbocycles. The maximum absolute atomic E-state index is 12.4. The lowest BCUT2D eigenvalue weighted by Gasteiger charge is -2.09. The normalized spacial score (nSPS) is 14.0. The fourth-order valence-corrected chi connectivity index (χ4v) is 3.16. The number of nitrogens with zero attached hydrogens (tertiary/aromatic N) is 4.